The van der Waals surface area contributed by atoms with Gasteiger partial charge in [0.15, 0.2) is 0 Å². The Bertz CT molecular complexity index is 1560. The van der Waals surface area contributed by atoms with E-state index in [1.54, 1.807) is 51.4 Å². The topological polar surface area (TPSA) is 129 Å². The fraction of sp³-hybridized carbons (Fsp3) is 0.290. The van der Waals surface area contributed by atoms with E-state index in [0.717, 1.165) is 27.5 Å². The van der Waals surface area contributed by atoms with E-state index in [1.807, 2.05) is 42.5 Å². The second-order valence-electron chi connectivity index (χ2n) is 10.8. The van der Waals surface area contributed by atoms with Crippen molar-refractivity contribution in [1.82, 2.24) is 9.88 Å². The number of carbonyl (C=O) groups excluding carboxylic acids is 1. The van der Waals surface area contributed by atoms with Gasteiger partial charge in [-0.15, -0.1) is 0 Å². The average Bonchev–Trinajstić information content (AvgIpc) is 2.95. The monoisotopic (exact) mass is 589 g/mol. The number of ether oxygens (including phenoxy) is 1. The summed E-state index contributed by atoms with van der Waals surface area (Å²) < 4.78 is 32.1. The van der Waals surface area contributed by atoms with E-state index in [1.165, 1.54) is 21.3 Å². The van der Waals surface area contributed by atoms with Gasteiger partial charge in [0.05, 0.1) is 10.6 Å². The number of amides is 1. The number of aryl methyl sites for hydroxylation is 1. The number of fused-ring (bicyclic) bond motifs is 1. The Morgan fingerprint density at radius 1 is 0.976 bits per heavy atom. The lowest BCUT2D eigenvalue weighted by Gasteiger charge is -2.32. The molecule has 4 aromatic rings. The van der Waals surface area contributed by atoms with Crippen molar-refractivity contribution in [3.63, 3.8) is 0 Å². The summed E-state index contributed by atoms with van der Waals surface area (Å²) in [6.07, 6.45) is 3.89. The van der Waals surface area contributed by atoms with Crippen molar-refractivity contribution in [1.29, 1.82) is 0 Å². The second-order valence-corrected chi connectivity index (χ2v) is 11.6. The molecule has 4 rings (SSSR count). The molecule has 0 bridgehead atoms. The summed E-state index contributed by atoms with van der Waals surface area (Å²) in [4.78, 5) is 29.4. The average molecular weight is 590 g/mol. The molecule has 0 saturated heterocycles. The second kappa shape index (κ2) is 13.5. The number of hydrogen-bond acceptors (Lipinski definition) is 7. The first-order valence-electron chi connectivity index (χ1n) is 13.5. The number of nitro groups is 1. The van der Waals surface area contributed by atoms with Crippen molar-refractivity contribution in [2.24, 2.45) is 0 Å². The summed E-state index contributed by atoms with van der Waals surface area (Å²) >= 11 is -2.64. The number of rotatable bonds is 11. The SMILES string of the molecule is CC(C)(C)OC(=O)N(CCCc1ccc([N+](=O)[O-])cc1)CCN(c1cc(-c2ccccc2)cc2cnccc12)S(=O)[O-]. The van der Waals surface area contributed by atoms with Crippen LogP contribution in [0.25, 0.3) is 21.9 Å². The number of hydrogen-bond donors (Lipinski definition) is 0. The van der Waals surface area contributed by atoms with Crippen molar-refractivity contribution in [3.8, 4) is 11.1 Å². The highest BCUT2D eigenvalue weighted by atomic mass is 32.2. The third-order valence-corrected chi connectivity index (χ3v) is 7.29. The van der Waals surface area contributed by atoms with Crippen LogP contribution in [0.2, 0.25) is 0 Å². The molecule has 0 aliphatic rings. The Morgan fingerprint density at radius 3 is 2.33 bits per heavy atom. The first-order chi connectivity index (χ1) is 20.0. The highest BCUT2D eigenvalue weighted by Crippen LogP contribution is 2.33. The Labute approximate surface area is 247 Å². The molecule has 0 fully saturated rings. The smallest absolute Gasteiger partial charge is 0.410 e. The molecule has 1 aromatic heterocycles. The molecule has 0 aliphatic heterocycles. The molecule has 1 amide bonds. The zero-order valence-corrected chi connectivity index (χ0v) is 24.6. The highest BCUT2D eigenvalue weighted by Gasteiger charge is 2.23. The quantitative estimate of drug-likeness (QED) is 0.114. The molecule has 10 nitrogen and oxygen atoms in total. The number of nitro benzene ring substituents is 1. The van der Waals surface area contributed by atoms with Crippen LogP contribution in [0.1, 0.15) is 32.8 Å². The van der Waals surface area contributed by atoms with E-state index in [4.69, 9.17) is 4.74 Å². The number of carbonyl (C=O) groups is 1. The van der Waals surface area contributed by atoms with Gasteiger partial charge >= 0.3 is 6.09 Å². The van der Waals surface area contributed by atoms with Gasteiger partial charge in [-0.1, -0.05) is 42.5 Å². The van der Waals surface area contributed by atoms with Gasteiger partial charge in [-0.25, -0.2) is 4.79 Å². The molecule has 1 heterocycles. The predicted molar refractivity (Wildman–Crippen MR) is 163 cm³/mol. The number of aromatic nitrogens is 1. The van der Waals surface area contributed by atoms with Crippen LogP contribution in [-0.2, 0) is 22.4 Å². The van der Waals surface area contributed by atoms with Crippen molar-refractivity contribution < 1.29 is 23.2 Å². The van der Waals surface area contributed by atoms with Gasteiger partial charge in [-0.3, -0.25) is 19.3 Å². The minimum absolute atomic E-state index is 0.00253. The van der Waals surface area contributed by atoms with Crippen LogP contribution in [0, 0.1) is 10.1 Å². The summed E-state index contributed by atoms with van der Waals surface area (Å²) in [5, 5.41) is 12.4. The third kappa shape index (κ3) is 8.11. The minimum Gasteiger partial charge on any atom is -0.755 e. The number of pyridine rings is 1. The van der Waals surface area contributed by atoms with Crippen molar-refractivity contribution >= 4 is 39.5 Å². The Hall–Kier alpha value is -4.35. The lowest BCUT2D eigenvalue weighted by atomic mass is 10.0. The van der Waals surface area contributed by atoms with Gasteiger partial charge in [0.25, 0.3) is 5.69 Å². The molecule has 220 valence electrons. The maximum absolute atomic E-state index is 13.1. The largest absolute Gasteiger partial charge is 0.755 e. The lowest BCUT2D eigenvalue weighted by Crippen LogP contribution is -2.42. The number of nitrogens with zero attached hydrogens (tertiary/aromatic N) is 4. The van der Waals surface area contributed by atoms with E-state index < -0.39 is 27.9 Å². The maximum atomic E-state index is 13.1. The van der Waals surface area contributed by atoms with Gasteiger partial charge in [0.1, 0.15) is 5.60 Å². The van der Waals surface area contributed by atoms with Gasteiger partial charge < -0.3 is 18.5 Å². The van der Waals surface area contributed by atoms with Crippen LogP contribution in [0.3, 0.4) is 0 Å². The zero-order chi connectivity index (χ0) is 30.3. The van der Waals surface area contributed by atoms with Crippen LogP contribution in [0.5, 0.6) is 0 Å². The molecule has 42 heavy (non-hydrogen) atoms. The summed E-state index contributed by atoms with van der Waals surface area (Å²) in [5.74, 6) is 0. The molecule has 3 aromatic carbocycles. The number of anilines is 1. The summed E-state index contributed by atoms with van der Waals surface area (Å²) in [6, 6.07) is 21.5. The third-order valence-electron chi connectivity index (χ3n) is 6.55. The lowest BCUT2D eigenvalue weighted by molar-refractivity contribution is -0.384. The Balaban J connectivity index is 1.57. The summed E-state index contributed by atoms with van der Waals surface area (Å²) in [6.45, 7) is 5.71. The van der Waals surface area contributed by atoms with E-state index in [2.05, 4.69) is 4.98 Å². The van der Waals surface area contributed by atoms with Gasteiger partial charge in [-0.2, -0.15) is 0 Å². The standard InChI is InChI=1S/C31H34N4O6S/c1-31(2,3)41-30(36)33(17-7-8-23-11-13-27(14-12-23)35(37)38)18-19-34(42(39)40)29-21-25(24-9-5-4-6-10-24)20-26-22-32-16-15-28(26)29/h4-6,9-16,20-22H,7-8,17-19H2,1-3H3,(H,39,40)/p-1. The minimum atomic E-state index is -2.64. The van der Waals surface area contributed by atoms with Gasteiger partial charge in [0.2, 0.25) is 0 Å². The fourth-order valence-electron chi connectivity index (χ4n) is 4.56. The molecule has 1 atom stereocenters. The molecule has 0 N–H and O–H groups in total. The fourth-order valence-corrected chi connectivity index (χ4v) is 5.10. The molecular formula is C31H33N4O6S-. The van der Waals surface area contributed by atoms with Crippen molar-refractivity contribution in [2.75, 3.05) is 23.9 Å². The molecule has 0 aliphatic carbocycles. The maximum Gasteiger partial charge on any atom is 0.410 e. The summed E-state index contributed by atoms with van der Waals surface area (Å²) in [7, 11) is 0. The van der Waals surface area contributed by atoms with Crippen LogP contribution in [0.15, 0.2) is 85.2 Å². The summed E-state index contributed by atoms with van der Waals surface area (Å²) in [5.41, 5.74) is 2.43. The van der Waals surface area contributed by atoms with Gasteiger partial charge in [0, 0.05) is 66.2 Å². The van der Waals surface area contributed by atoms with Crippen molar-refractivity contribution in [3.05, 3.63) is 101 Å². The predicted octanol–water partition coefficient (Wildman–Crippen LogP) is 6.28. The Morgan fingerprint density at radius 2 is 1.69 bits per heavy atom. The van der Waals surface area contributed by atoms with E-state index in [0.29, 0.717) is 25.1 Å². The molecule has 1 unspecified atom stereocenters. The molecule has 0 spiro atoms. The molecule has 0 radical (unpaired) electrons. The zero-order valence-electron chi connectivity index (χ0n) is 23.8. The van der Waals surface area contributed by atoms with Gasteiger partial charge in [-0.05, 0) is 68.5 Å². The number of non-ortho nitro benzene ring substituents is 1. The normalized spacial score (nSPS) is 12.1. The van der Waals surface area contributed by atoms with E-state index in [-0.39, 0.29) is 18.8 Å². The number of benzene rings is 3. The van der Waals surface area contributed by atoms with E-state index >= 15 is 0 Å². The van der Waals surface area contributed by atoms with E-state index in [9.17, 15) is 23.7 Å². The molecular weight excluding hydrogens is 556 g/mol. The van der Waals surface area contributed by atoms with Crippen LogP contribution in [0.4, 0.5) is 16.2 Å². The van der Waals surface area contributed by atoms with Crippen LogP contribution >= 0.6 is 0 Å². The molecule has 0 saturated carbocycles. The van der Waals surface area contributed by atoms with Crippen LogP contribution < -0.4 is 4.31 Å². The van der Waals surface area contributed by atoms with Crippen LogP contribution in [-0.4, -0.2) is 54.9 Å². The highest BCUT2D eigenvalue weighted by molar-refractivity contribution is 7.80. The first-order valence-corrected chi connectivity index (χ1v) is 14.6. The molecule has 11 heteroatoms. The Kier molecular flexibility index (Phi) is 9.87. The van der Waals surface area contributed by atoms with Crippen molar-refractivity contribution in [2.45, 2.75) is 39.2 Å². The first kappa shape index (κ1) is 30.6.